The normalized spacial score (nSPS) is 16.8. The standard InChI is InChI=1S/C29H25FN6O/c1-19-18-35(28-23(17-31)29(37)34(3)24-13-14-25(32-2)33-26(24)28)15-16-36(19)27(20-7-5-4-6-8-20)21-9-11-22(30)12-10-21/h4-14,19,27H,15-16,18H2,1,3H3/t19-,27?/m1/s1. The number of anilines is 1. The number of halogens is 1. The van der Waals surface area contributed by atoms with Gasteiger partial charge in [-0.2, -0.15) is 5.26 Å². The van der Waals surface area contributed by atoms with E-state index in [1.54, 1.807) is 19.2 Å². The van der Waals surface area contributed by atoms with Crippen LogP contribution in [0.25, 0.3) is 15.9 Å². The van der Waals surface area contributed by atoms with Crippen molar-refractivity contribution in [1.82, 2.24) is 14.5 Å². The van der Waals surface area contributed by atoms with Crippen LogP contribution < -0.4 is 10.5 Å². The van der Waals surface area contributed by atoms with Crippen molar-refractivity contribution < 1.29 is 4.39 Å². The Balaban J connectivity index is 1.56. The molecule has 0 radical (unpaired) electrons. The number of benzene rings is 2. The van der Waals surface area contributed by atoms with Gasteiger partial charge < -0.3 is 14.3 Å². The predicted molar refractivity (Wildman–Crippen MR) is 141 cm³/mol. The summed E-state index contributed by atoms with van der Waals surface area (Å²) in [4.78, 5) is 25.4. The third-order valence-corrected chi connectivity index (χ3v) is 7.05. The zero-order valence-corrected chi connectivity index (χ0v) is 20.6. The Bertz CT molecular complexity index is 1600. The molecule has 7 nitrogen and oxygen atoms in total. The highest BCUT2D eigenvalue weighted by Crippen LogP contribution is 2.35. The van der Waals surface area contributed by atoms with Crippen molar-refractivity contribution in [2.24, 2.45) is 7.05 Å². The van der Waals surface area contributed by atoms with Crippen LogP contribution >= 0.6 is 0 Å². The third-order valence-electron chi connectivity index (χ3n) is 7.05. The van der Waals surface area contributed by atoms with Crippen LogP contribution in [0.3, 0.4) is 0 Å². The Morgan fingerprint density at radius 2 is 1.78 bits per heavy atom. The van der Waals surface area contributed by atoms with Crippen LogP contribution in [0.1, 0.15) is 29.7 Å². The van der Waals surface area contributed by atoms with Gasteiger partial charge in [-0.25, -0.2) is 4.39 Å². The van der Waals surface area contributed by atoms with Crippen molar-refractivity contribution in [3.63, 3.8) is 0 Å². The summed E-state index contributed by atoms with van der Waals surface area (Å²) in [5.41, 5.74) is 3.29. The van der Waals surface area contributed by atoms with Crippen LogP contribution in [0, 0.1) is 23.7 Å². The van der Waals surface area contributed by atoms with Crippen LogP contribution in [0.2, 0.25) is 0 Å². The van der Waals surface area contributed by atoms with Crippen LogP contribution in [0.4, 0.5) is 15.9 Å². The minimum absolute atomic E-state index is 0.0266. The van der Waals surface area contributed by atoms with Gasteiger partial charge >= 0.3 is 0 Å². The molecule has 5 rings (SSSR count). The molecule has 0 spiro atoms. The summed E-state index contributed by atoms with van der Waals surface area (Å²) in [6.45, 7) is 11.2. The number of hydrogen-bond donors (Lipinski definition) is 0. The topological polar surface area (TPSA) is 69.5 Å². The summed E-state index contributed by atoms with van der Waals surface area (Å²) in [7, 11) is 1.61. The molecule has 4 aromatic rings. The lowest BCUT2D eigenvalue weighted by Gasteiger charge is -2.45. The molecule has 3 heterocycles. The number of pyridine rings is 2. The van der Waals surface area contributed by atoms with Crippen molar-refractivity contribution in [2.45, 2.75) is 19.0 Å². The quantitative estimate of drug-likeness (QED) is 0.383. The highest BCUT2D eigenvalue weighted by molar-refractivity contribution is 5.92. The number of fused-ring (bicyclic) bond motifs is 1. The maximum atomic E-state index is 13.7. The molecule has 0 amide bonds. The van der Waals surface area contributed by atoms with Gasteiger partial charge in [0.25, 0.3) is 11.4 Å². The minimum Gasteiger partial charge on any atom is -0.364 e. The van der Waals surface area contributed by atoms with Gasteiger partial charge in [0, 0.05) is 32.7 Å². The van der Waals surface area contributed by atoms with Crippen molar-refractivity contribution >= 4 is 22.5 Å². The zero-order valence-electron chi connectivity index (χ0n) is 20.6. The van der Waals surface area contributed by atoms with E-state index in [-0.39, 0.29) is 34.8 Å². The monoisotopic (exact) mass is 492 g/mol. The Morgan fingerprint density at radius 3 is 2.43 bits per heavy atom. The van der Waals surface area contributed by atoms with Crippen LogP contribution in [-0.2, 0) is 7.05 Å². The maximum Gasteiger partial charge on any atom is 0.271 e. The van der Waals surface area contributed by atoms with E-state index in [1.165, 1.54) is 16.7 Å². The Kier molecular flexibility index (Phi) is 6.43. The van der Waals surface area contributed by atoms with Gasteiger partial charge in [0.05, 0.1) is 11.6 Å². The maximum absolute atomic E-state index is 13.7. The number of aromatic nitrogens is 2. The number of nitrogens with zero attached hydrogens (tertiary/aromatic N) is 6. The minimum atomic E-state index is -0.383. The third kappa shape index (κ3) is 4.33. The second kappa shape index (κ2) is 9.85. The molecule has 2 aromatic heterocycles. The SMILES string of the molecule is [C-]#[N+]c1ccc2c(n1)c(N1CCN(C(c3ccccc3)c3ccc(F)cc3)[C@H](C)C1)c(C#N)c(=O)n2C. The van der Waals surface area contributed by atoms with Crippen LogP contribution in [0.5, 0.6) is 0 Å². The fourth-order valence-corrected chi connectivity index (χ4v) is 5.27. The largest absolute Gasteiger partial charge is 0.364 e. The van der Waals surface area contributed by atoms with E-state index in [9.17, 15) is 14.4 Å². The number of hydrogen-bond acceptors (Lipinski definition) is 5. The van der Waals surface area contributed by atoms with Crippen molar-refractivity contribution in [3.05, 3.63) is 111 Å². The number of piperazine rings is 1. The fourth-order valence-electron chi connectivity index (χ4n) is 5.27. The summed E-state index contributed by atoms with van der Waals surface area (Å²) in [5, 5.41) is 9.95. The lowest BCUT2D eigenvalue weighted by molar-refractivity contribution is 0.150. The van der Waals surface area contributed by atoms with Gasteiger partial charge in [0.15, 0.2) is 0 Å². The highest BCUT2D eigenvalue weighted by Gasteiger charge is 2.34. The van der Waals surface area contributed by atoms with Gasteiger partial charge in [0.2, 0.25) is 5.52 Å². The van der Waals surface area contributed by atoms with Crippen molar-refractivity contribution in [1.29, 1.82) is 5.26 Å². The van der Waals surface area contributed by atoms with E-state index >= 15 is 0 Å². The molecule has 1 aliphatic rings. The summed E-state index contributed by atoms with van der Waals surface area (Å²) in [6.07, 6.45) is 0. The summed E-state index contributed by atoms with van der Waals surface area (Å²) >= 11 is 0. The molecule has 8 heteroatoms. The number of aryl methyl sites for hydroxylation is 1. The predicted octanol–water partition coefficient (Wildman–Crippen LogP) is 4.80. The van der Waals surface area contributed by atoms with E-state index in [0.717, 1.165) is 11.1 Å². The smallest absolute Gasteiger partial charge is 0.271 e. The lowest BCUT2D eigenvalue weighted by atomic mass is 9.94. The van der Waals surface area contributed by atoms with E-state index in [4.69, 9.17) is 6.57 Å². The van der Waals surface area contributed by atoms with Crippen molar-refractivity contribution in [3.8, 4) is 6.07 Å². The molecule has 1 aliphatic heterocycles. The van der Waals surface area contributed by atoms with Gasteiger partial charge in [-0.1, -0.05) is 49.0 Å². The van der Waals surface area contributed by atoms with Crippen LogP contribution in [-0.4, -0.2) is 40.1 Å². The highest BCUT2D eigenvalue weighted by atomic mass is 19.1. The molecule has 2 aromatic carbocycles. The first-order valence-electron chi connectivity index (χ1n) is 12.0. The van der Waals surface area contributed by atoms with E-state index in [0.29, 0.717) is 36.4 Å². The average molecular weight is 493 g/mol. The lowest BCUT2D eigenvalue weighted by Crippen LogP contribution is -2.53. The molecular formula is C29H25FN6O. The molecule has 0 bridgehead atoms. The Labute approximate surface area is 214 Å². The summed E-state index contributed by atoms with van der Waals surface area (Å²) < 4.78 is 15.1. The molecule has 37 heavy (non-hydrogen) atoms. The van der Waals surface area contributed by atoms with Gasteiger partial charge in [-0.3, -0.25) is 9.69 Å². The molecule has 184 valence electrons. The van der Waals surface area contributed by atoms with Gasteiger partial charge in [0.1, 0.15) is 23.1 Å². The molecule has 0 N–H and O–H groups in total. The average Bonchev–Trinajstić information content (AvgIpc) is 2.93. The molecule has 0 saturated carbocycles. The van der Waals surface area contributed by atoms with Gasteiger partial charge in [-0.15, -0.1) is 4.98 Å². The number of nitriles is 1. The fraction of sp³-hybridized carbons (Fsp3) is 0.241. The van der Waals surface area contributed by atoms with E-state index in [2.05, 4.69) is 39.9 Å². The van der Waals surface area contributed by atoms with Gasteiger partial charge in [-0.05, 0) is 42.3 Å². The molecule has 2 atom stereocenters. The molecule has 0 aliphatic carbocycles. The first-order chi connectivity index (χ1) is 17.9. The summed E-state index contributed by atoms with van der Waals surface area (Å²) in [6, 6.07) is 22.1. The first-order valence-corrected chi connectivity index (χ1v) is 12.0. The Hall–Kier alpha value is -4.53. The zero-order chi connectivity index (χ0) is 26.1. The van der Waals surface area contributed by atoms with E-state index in [1.807, 2.05) is 35.2 Å². The molecule has 1 unspecified atom stereocenters. The van der Waals surface area contributed by atoms with Crippen LogP contribution in [0.15, 0.2) is 71.5 Å². The number of rotatable bonds is 4. The molecule has 1 saturated heterocycles. The summed E-state index contributed by atoms with van der Waals surface area (Å²) in [5.74, 6) is -0.0651. The second-order valence-corrected chi connectivity index (χ2v) is 9.25. The molecule has 1 fully saturated rings. The van der Waals surface area contributed by atoms with E-state index < -0.39 is 0 Å². The molecular weight excluding hydrogens is 467 g/mol. The van der Waals surface area contributed by atoms with Crippen molar-refractivity contribution in [2.75, 3.05) is 24.5 Å². The second-order valence-electron chi connectivity index (χ2n) is 9.25. The Morgan fingerprint density at radius 1 is 1.08 bits per heavy atom. The first kappa shape index (κ1) is 24.2.